The smallest absolute Gasteiger partial charge is 0.117 e. The molecule has 1 heterocycles. The van der Waals surface area contributed by atoms with Crippen molar-refractivity contribution >= 4 is 0 Å². The van der Waals surface area contributed by atoms with E-state index in [2.05, 4.69) is 0 Å². The Morgan fingerprint density at radius 1 is 1.17 bits per heavy atom. The van der Waals surface area contributed by atoms with Crippen LogP contribution in [0.15, 0.2) is 16.5 Å². The molecule has 1 aromatic heterocycles. The van der Waals surface area contributed by atoms with Gasteiger partial charge in [-0.3, -0.25) is 0 Å². The maximum absolute atomic E-state index is 5.27. The third-order valence-corrected chi connectivity index (χ3v) is 0.997. The van der Waals surface area contributed by atoms with Crippen molar-refractivity contribution in [1.82, 2.24) is 0 Å². The number of hydrogen-bond acceptors (Lipinski definition) is 2. The average Bonchev–Trinajstić information content (AvgIpc) is 2.58. The van der Waals surface area contributed by atoms with E-state index in [-0.39, 0.29) is 0 Å². The second-order valence-electron chi connectivity index (χ2n) is 1.72. The Balaban J connectivity index is 0. The highest BCUT2D eigenvalue weighted by Crippen LogP contribution is 2.03. The Morgan fingerprint density at radius 3 is 1.83 bits per heavy atom. The molecule has 2 N–H and O–H groups in total. The normalized spacial score (nSPS) is 7.50. The van der Waals surface area contributed by atoms with Gasteiger partial charge in [0.05, 0.1) is 6.54 Å². The zero-order valence-electron chi connectivity index (χ0n) is 8.85. The van der Waals surface area contributed by atoms with E-state index in [1.54, 1.807) is 0 Å². The summed E-state index contributed by atoms with van der Waals surface area (Å²) in [6, 6.07) is 3.79. The summed E-state index contributed by atoms with van der Waals surface area (Å²) in [5.74, 6) is 1.77. The van der Waals surface area contributed by atoms with Crippen LogP contribution in [0.2, 0.25) is 0 Å². The molecular weight excluding hydrogens is 150 g/mol. The van der Waals surface area contributed by atoms with Crippen molar-refractivity contribution in [3.63, 3.8) is 0 Å². The van der Waals surface area contributed by atoms with E-state index in [0.717, 1.165) is 11.5 Å². The summed E-state index contributed by atoms with van der Waals surface area (Å²) >= 11 is 0. The predicted octanol–water partition coefficient (Wildman–Crippen LogP) is 3.10. The van der Waals surface area contributed by atoms with Gasteiger partial charge in [-0.25, -0.2) is 0 Å². The van der Waals surface area contributed by atoms with Gasteiger partial charge in [0, 0.05) is 0 Å². The van der Waals surface area contributed by atoms with Gasteiger partial charge < -0.3 is 10.2 Å². The zero-order valence-corrected chi connectivity index (χ0v) is 8.85. The molecule has 0 aliphatic rings. The van der Waals surface area contributed by atoms with Crippen LogP contribution >= 0.6 is 0 Å². The fourth-order valence-corrected chi connectivity index (χ4v) is 0.595. The molecule has 0 bridgehead atoms. The molecule has 0 aromatic carbocycles. The van der Waals surface area contributed by atoms with Gasteiger partial charge in [-0.05, 0) is 19.1 Å². The van der Waals surface area contributed by atoms with Crippen molar-refractivity contribution in [1.29, 1.82) is 0 Å². The monoisotopic (exact) mass is 171 g/mol. The average molecular weight is 171 g/mol. The molecule has 0 spiro atoms. The molecule has 1 aromatic rings. The van der Waals surface area contributed by atoms with Crippen LogP contribution in [0.5, 0.6) is 0 Å². The summed E-state index contributed by atoms with van der Waals surface area (Å²) in [6.45, 7) is 10.4. The number of aryl methyl sites for hydroxylation is 1. The van der Waals surface area contributed by atoms with Crippen LogP contribution in [-0.4, -0.2) is 0 Å². The molecule has 2 nitrogen and oxygen atoms in total. The summed E-state index contributed by atoms with van der Waals surface area (Å²) in [7, 11) is 0. The third kappa shape index (κ3) is 5.98. The van der Waals surface area contributed by atoms with Crippen molar-refractivity contribution in [3.8, 4) is 0 Å². The van der Waals surface area contributed by atoms with E-state index >= 15 is 0 Å². The highest BCUT2D eigenvalue weighted by Gasteiger charge is 1.91. The van der Waals surface area contributed by atoms with Gasteiger partial charge in [-0.2, -0.15) is 0 Å². The maximum Gasteiger partial charge on any atom is 0.117 e. The Morgan fingerprint density at radius 2 is 1.67 bits per heavy atom. The molecule has 0 radical (unpaired) electrons. The molecule has 0 fully saturated rings. The van der Waals surface area contributed by atoms with Gasteiger partial charge in [0.2, 0.25) is 0 Å². The summed E-state index contributed by atoms with van der Waals surface area (Å²) in [6.07, 6.45) is 0. The lowest BCUT2D eigenvalue weighted by molar-refractivity contribution is 0.485. The second-order valence-corrected chi connectivity index (χ2v) is 1.72. The van der Waals surface area contributed by atoms with E-state index in [0.29, 0.717) is 6.54 Å². The maximum atomic E-state index is 5.27. The minimum atomic E-state index is 0.494. The SMILES string of the molecule is CC.CC.Cc1ccc(CN)o1. The summed E-state index contributed by atoms with van der Waals surface area (Å²) in [4.78, 5) is 0. The minimum absolute atomic E-state index is 0.494. The van der Waals surface area contributed by atoms with E-state index in [1.165, 1.54) is 0 Å². The van der Waals surface area contributed by atoms with Gasteiger partial charge in [-0.1, -0.05) is 27.7 Å². The topological polar surface area (TPSA) is 39.2 Å². The number of rotatable bonds is 1. The summed E-state index contributed by atoms with van der Waals surface area (Å²) < 4.78 is 5.11. The molecule has 1 rings (SSSR count). The Hall–Kier alpha value is -0.760. The molecule has 0 aliphatic carbocycles. The standard InChI is InChI=1S/C6H9NO.2C2H6/c1-5-2-3-6(4-7)8-5;2*1-2/h2-3H,4,7H2,1H3;2*1-2H3. The molecule has 2 heteroatoms. The first-order chi connectivity index (χ1) is 5.83. The Labute approximate surface area is 75.8 Å². The van der Waals surface area contributed by atoms with Gasteiger partial charge in [-0.15, -0.1) is 0 Å². The van der Waals surface area contributed by atoms with Crippen molar-refractivity contribution in [2.45, 2.75) is 41.2 Å². The van der Waals surface area contributed by atoms with Crippen molar-refractivity contribution < 1.29 is 4.42 Å². The third-order valence-electron chi connectivity index (χ3n) is 0.997. The molecule has 0 unspecified atom stereocenters. The summed E-state index contributed by atoms with van der Waals surface area (Å²) in [5.41, 5.74) is 5.27. The first-order valence-electron chi connectivity index (χ1n) is 4.58. The number of nitrogens with two attached hydrogens (primary N) is 1. The van der Waals surface area contributed by atoms with Crippen LogP contribution in [0.25, 0.3) is 0 Å². The van der Waals surface area contributed by atoms with E-state index in [1.807, 2.05) is 46.8 Å². The Kier molecular flexibility index (Phi) is 11.8. The van der Waals surface area contributed by atoms with Crippen LogP contribution in [0.4, 0.5) is 0 Å². The zero-order chi connectivity index (χ0) is 9.98. The molecule has 0 saturated carbocycles. The lowest BCUT2D eigenvalue weighted by Crippen LogP contribution is -1.92. The molecule has 0 atom stereocenters. The summed E-state index contributed by atoms with van der Waals surface area (Å²) in [5, 5.41) is 0. The largest absolute Gasteiger partial charge is 0.465 e. The van der Waals surface area contributed by atoms with Gasteiger partial charge in [0.25, 0.3) is 0 Å². The quantitative estimate of drug-likeness (QED) is 0.705. The highest BCUT2D eigenvalue weighted by molar-refractivity contribution is 5.04. The first kappa shape index (κ1) is 13.8. The van der Waals surface area contributed by atoms with Crippen LogP contribution in [0.1, 0.15) is 39.2 Å². The van der Waals surface area contributed by atoms with E-state index < -0.39 is 0 Å². The fourth-order valence-electron chi connectivity index (χ4n) is 0.595. The molecule has 0 saturated heterocycles. The molecule has 12 heavy (non-hydrogen) atoms. The number of furan rings is 1. The second kappa shape index (κ2) is 10.2. The Bertz CT molecular complexity index is 170. The highest BCUT2D eigenvalue weighted by atomic mass is 16.3. The predicted molar refractivity (Wildman–Crippen MR) is 54.0 cm³/mol. The molecule has 72 valence electrons. The lowest BCUT2D eigenvalue weighted by Gasteiger charge is -1.83. The van der Waals surface area contributed by atoms with E-state index in [9.17, 15) is 0 Å². The van der Waals surface area contributed by atoms with Gasteiger partial charge in [0.15, 0.2) is 0 Å². The minimum Gasteiger partial charge on any atom is -0.465 e. The van der Waals surface area contributed by atoms with Crippen molar-refractivity contribution in [2.75, 3.05) is 0 Å². The molecule has 0 aliphatic heterocycles. The van der Waals surface area contributed by atoms with Gasteiger partial charge >= 0.3 is 0 Å². The number of hydrogen-bond donors (Lipinski definition) is 1. The van der Waals surface area contributed by atoms with Crippen LogP contribution in [0, 0.1) is 6.92 Å². The van der Waals surface area contributed by atoms with Crippen molar-refractivity contribution in [2.24, 2.45) is 5.73 Å². The van der Waals surface area contributed by atoms with Crippen LogP contribution in [-0.2, 0) is 6.54 Å². The fraction of sp³-hybridized carbons (Fsp3) is 0.600. The van der Waals surface area contributed by atoms with Crippen molar-refractivity contribution in [3.05, 3.63) is 23.7 Å². The van der Waals surface area contributed by atoms with E-state index in [4.69, 9.17) is 10.2 Å². The van der Waals surface area contributed by atoms with Crippen LogP contribution < -0.4 is 5.73 Å². The van der Waals surface area contributed by atoms with Crippen LogP contribution in [0.3, 0.4) is 0 Å². The first-order valence-corrected chi connectivity index (χ1v) is 4.58. The lowest BCUT2D eigenvalue weighted by atomic mass is 10.4. The molecule has 0 amide bonds. The molecular formula is C10H21NO. The van der Waals surface area contributed by atoms with Gasteiger partial charge in [0.1, 0.15) is 11.5 Å².